The van der Waals surface area contributed by atoms with E-state index in [2.05, 4.69) is 9.89 Å². The molecule has 2 N–H and O–H groups in total. The maximum absolute atomic E-state index is 12.4. The van der Waals surface area contributed by atoms with Gasteiger partial charge in [-0.25, -0.2) is 4.99 Å². The summed E-state index contributed by atoms with van der Waals surface area (Å²) in [4.78, 5) is 20.6. The number of guanidine groups is 1. The first-order valence-corrected chi connectivity index (χ1v) is 8.57. The Hall–Kier alpha value is -1.31. The zero-order valence-electron chi connectivity index (χ0n) is 14.5. The Balaban J connectivity index is 0.00000288. The van der Waals surface area contributed by atoms with Gasteiger partial charge in [0.25, 0.3) is 0 Å². The minimum Gasteiger partial charge on any atom is -0.370 e. The van der Waals surface area contributed by atoms with Crippen molar-refractivity contribution in [3.63, 3.8) is 0 Å². The number of benzene rings is 1. The number of nitrogens with zero attached hydrogens (tertiary/aromatic N) is 3. The van der Waals surface area contributed by atoms with E-state index in [1.165, 1.54) is 12.8 Å². The summed E-state index contributed by atoms with van der Waals surface area (Å²) in [7, 11) is 0. The number of hydrogen-bond donors (Lipinski definition) is 1. The molecule has 5 nitrogen and oxygen atoms in total. The minimum atomic E-state index is 0. The number of aliphatic imine (C=N–C) groups is 1. The van der Waals surface area contributed by atoms with Gasteiger partial charge in [0.1, 0.15) is 6.54 Å². The van der Waals surface area contributed by atoms with E-state index < -0.39 is 0 Å². The molecule has 1 amide bonds. The number of hydrogen-bond acceptors (Lipinski definition) is 2. The predicted octanol–water partition coefficient (Wildman–Crippen LogP) is 2.84. The lowest BCUT2D eigenvalue weighted by atomic mass is 10.2. The molecule has 6 heteroatoms. The molecular formula is C18H29IN4O. The van der Waals surface area contributed by atoms with Crippen LogP contribution in [0, 0.1) is 0 Å². The van der Waals surface area contributed by atoms with E-state index in [1.54, 1.807) is 0 Å². The van der Waals surface area contributed by atoms with Crippen LogP contribution in [0.1, 0.15) is 38.2 Å². The fourth-order valence-electron chi connectivity index (χ4n) is 2.83. The maximum Gasteiger partial charge on any atom is 0.244 e. The lowest BCUT2D eigenvalue weighted by Crippen LogP contribution is -2.39. The van der Waals surface area contributed by atoms with Gasteiger partial charge in [0.15, 0.2) is 5.96 Å². The third kappa shape index (κ3) is 6.67. The molecule has 24 heavy (non-hydrogen) atoms. The van der Waals surface area contributed by atoms with E-state index >= 15 is 0 Å². The van der Waals surface area contributed by atoms with Crippen molar-refractivity contribution >= 4 is 35.8 Å². The van der Waals surface area contributed by atoms with Gasteiger partial charge in [-0.1, -0.05) is 43.2 Å². The SMILES string of the molecule is CCN(Cc1ccccc1)C(=O)CN=C(N)N1CCCCCC1.I. The third-order valence-electron chi connectivity index (χ3n) is 4.26. The lowest BCUT2D eigenvalue weighted by Gasteiger charge is -2.23. The van der Waals surface area contributed by atoms with Gasteiger partial charge in [-0.15, -0.1) is 24.0 Å². The molecule has 1 heterocycles. The number of likely N-dealkylation sites (N-methyl/N-ethyl adjacent to an activating group) is 1. The summed E-state index contributed by atoms with van der Waals surface area (Å²) in [5, 5.41) is 0. The van der Waals surface area contributed by atoms with Crippen LogP contribution in [0.25, 0.3) is 0 Å². The van der Waals surface area contributed by atoms with Crippen molar-refractivity contribution in [1.29, 1.82) is 0 Å². The van der Waals surface area contributed by atoms with Gasteiger partial charge < -0.3 is 15.5 Å². The smallest absolute Gasteiger partial charge is 0.244 e. The fourth-order valence-corrected chi connectivity index (χ4v) is 2.83. The Morgan fingerprint density at radius 1 is 1.17 bits per heavy atom. The molecule has 0 radical (unpaired) electrons. The van der Waals surface area contributed by atoms with Gasteiger partial charge in [-0.05, 0) is 25.3 Å². The highest BCUT2D eigenvalue weighted by Crippen LogP contribution is 2.09. The molecule has 1 fully saturated rings. The van der Waals surface area contributed by atoms with Crippen molar-refractivity contribution in [2.24, 2.45) is 10.7 Å². The predicted molar refractivity (Wildman–Crippen MR) is 109 cm³/mol. The van der Waals surface area contributed by atoms with Crippen LogP contribution < -0.4 is 5.73 Å². The van der Waals surface area contributed by atoms with Crippen molar-refractivity contribution < 1.29 is 4.79 Å². The van der Waals surface area contributed by atoms with Crippen molar-refractivity contribution in [3.8, 4) is 0 Å². The van der Waals surface area contributed by atoms with Gasteiger partial charge in [-0.3, -0.25) is 4.79 Å². The number of carbonyl (C=O) groups is 1. The second kappa shape index (κ2) is 11.3. The Kier molecular flexibility index (Phi) is 9.75. The molecule has 1 saturated heterocycles. The van der Waals surface area contributed by atoms with Crippen molar-refractivity contribution in [2.45, 2.75) is 39.2 Å². The summed E-state index contributed by atoms with van der Waals surface area (Å²) in [6.07, 6.45) is 4.81. The quantitative estimate of drug-likeness (QED) is 0.432. The number of halogens is 1. The molecule has 1 aromatic carbocycles. The first kappa shape index (κ1) is 20.7. The van der Waals surface area contributed by atoms with E-state index in [1.807, 2.05) is 42.2 Å². The third-order valence-corrected chi connectivity index (χ3v) is 4.26. The molecule has 134 valence electrons. The molecule has 1 aliphatic rings. The number of nitrogens with two attached hydrogens (primary N) is 1. The Morgan fingerprint density at radius 3 is 2.38 bits per heavy atom. The van der Waals surface area contributed by atoms with E-state index in [0.29, 0.717) is 19.0 Å². The van der Waals surface area contributed by atoms with Gasteiger partial charge in [0.2, 0.25) is 5.91 Å². The number of carbonyl (C=O) groups excluding carboxylic acids is 1. The molecule has 0 bridgehead atoms. The van der Waals surface area contributed by atoms with Gasteiger partial charge in [-0.2, -0.15) is 0 Å². The molecule has 0 aromatic heterocycles. The van der Waals surface area contributed by atoms with Crippen molar-refractivity contribution in [3.05, 3.63) is 35.9 Å². The highest BCUT2D eigenvalue weighted by Gasteiger charge is 2.14. The molecule has 0 spiro atoms. The average Bonchev–Trinajstić information content (AvgIpc) is 2.87. The van der Waals surface area contributed by atoms with E-state index in [0.717, 1.165) is 31.5 Å². The molecule has 0 saturated carbocycles. The normalized spacial score (nSPS) is 15.4. The first-order valence-electron chi connectivity index (χ1n) is 8.57. The molecule has 0 atom stereocenters. The second-order valence-corrected chi connectivity index (χ2v) is 5.97. The highest BCUT2D eigenvalue weighted by atomic mass is 127. The summed E-state index contributed by atoms with van der Waals surface area (Å²) in [5.74, 6) is 0.533. The maximum atomic E-state index is 12.4. The Morgan fingerprint density at radius 2 is 1.79 bits per heavy atom. The van der Waals surface area contributed by atoms with Crippen LogP contribution in [-0.4, -0.2) is 47.8 Å². The topological polar surface area (TPSA) is 61.9 Å². The summed E-state index contributed by atoms with van der Waals surface area (Å²) in [6, 6.07) is 10.0. The lowest BCUT2D eigenvalue weighted by molar-refractivity contribution is -0.130. The van der Waals surface area contributed by atoms with E-state index in [4.69, 9.17) is 5.73 Å². The molecule has 0 aliphatic carbocycles. The first-order chi connectivity index (χ1) is 11.2. The van der Waals surface area contributed by atoms with Gasteiger partial charge in [0, 0.05) is 26.2 Å². The van der Waals surface area contributed by atoms with E-state index in [-0.39, 0.29) is 36.4 Å². The van der Waals surface area contributed by atoms with Crippen LogP contribution in [0.15, 0.2) is 35.3 Å². The van der Waals surface area contributed by atoms with Crippen LogP contribution in [-0.2, 0) is 11.3 Å². The van der Waals surface area contributed by atoms with Crippen LogP contribution in [0.4, 0.5) is 0 Å². The zero-order valence-corrected chi connectivity index (χ0v) is 16.8. The molecular weight excluding hydrogens is 415 g/mol. The van der Waals surface area contributed by atoms with Crippen molar-refractivity contribution in [1.82, 2.24) is 9.80 Å². The fraction of sp³-hybridized carbons (Fsp3) is 0.556. The highest BCUT2D eigenvalue weighted by molar-refractivity contribution is 14.0. The Bertz CT molecular complexity index is 513. The minimum absolute atomic E-state index is 0. The second-order valence-electron chi connectivity index (χ2n) is 5.97. The van der Waals surface area contributed by atoms with Gasteiger partial charge in [0.05, 0.1) is 0 Å². The van der Waals surface area contributed by atoms with Crippen LogP contribution in [0.2, 0.25) is 0 Å². The van der Waals surface area contributed by atoms with Gasteiger partial charge >= 0.3 is 0 Å². The Labute approximate surface area is 162 Å². The van der Waals surface area contributed by atoms with Crippen molar-refractivity contribution in [2.75, 3.05) is 26.2 Å². The number of amides is 1. The molecule has 2 rings (SSSR count). The zero-order chi connectivity index (χ0) is 16.5. The standard InChI is InChI=1S/C18H28N4O.HI/c1-2-21(15-16-10-6-5-7-11-16)17(23)14-20-18(19)22-12-8-3-4-9-13-22;/h5-7,10-11H,2-4,8-9,12-15H2,1H3,(H2,19,20);1H. The van der Waals surface area contributed by atoms with Crippen LogP contribution in [0.5, 0.6) is 0 Å². The average molecular weight is 444 g/mol. The summed E-state index contributed by atoms with van der Waals surface area (Å²) in [5.41, 5.74) is 7.20. The van der Waals surface area contributed by atoms with E-state index in [9.17, 15) is 4.79 Å². The van der Waals surface area contributed by atoms with Crippen LogP contribution >= 0.6 is 24.0 Å². The molecule has 1 aliphatic heterocycles. The molecule has 1 aromatic rings. The van der Waals surface area contributed by atoms with Crippen LogP contribution in [0.3, 0.4) is 0 Å². The number of likely N-dealkylation sites (tertiary alicyclic amines) is 1. The molecule has 0 unspecified atom stereocenters. The number of rotatable bonds is 5. The summed E-state index contributed by atoms with van der Waals surface area (Å²) < 4.78 is 0. The summed E-state index contributed by atoms with van der Waals surface area (Å²) >= 11 is 0. The largest absolute Gasteiger partial charge is 0.370 e. The monoisotopic (exact) mass is 444 g/mol. The summed E-state index contributed by atoms with van der Waals surface area (Å²) in [6.45, 7) is 5.31.